The number of halogens is 2. The van der Waals surface area contributed by atoms with Gasteiger partial charge in [-0.15, -0.1) is 0 Å². The summed E-state index contributed by atoms with van der Waals surface area (Å²) in [6, 6.07) is 10.3. The van der Waals surface area contributed by atoms with E-state index in [0.29, 0.717) is 16.7 Å². The summed E-state index contributed by atoms with van der Waals surface area (Å²) in [6.07, 6.45) is 0. The first-order valence-electron chi connectivity index (χ1n) is 8.05. The van der Waals surface area contributed by atoms with Crippen LogP contribution in [0, 0.1) is 15.9 Å². The Kier molecular flexibility index (Phi) is 6.82. The summed E-state index contributed by atoms with van der Waals surface area (Å²) in [7, 11) is 0. The van der Waals surface area contributed by atoms with E-state index in [2.05, 4.69) is 21.2 Å². The number of rotatable bonds is 7. The number of nitro benzene ring substituents is 1. The molecule has 0 saturated heterocycles. The molecule has 0 radical (unpaired) electrons. The van der Waals surface area contributed by atoms with Crippen molar-refractivity contribution >= 4 is 33.2 Å². The van der Waals surface area contributed by atoms with Crippen LogP contribution >= 0.6 is 15.9 Å². The monoisotopic (exact) mass is 423 g/mol. The van der Waals surface area contributed by atoms with Gasteiger partial charge in [-0.1, -0.05) is 19.1 Å². The van der Waals surface area contributed by atoms with Crippen LogP contribution in [-0.2, 0) is 4.79 Å². The van der Waals surface area contributed by atoms with Gasteiger partial charge in [0.25, 0.3) is 5.69 Å². The molecule has 0 spiro atoms. The lowest BCUT2D eigenvalue weighted by Gasteiger charge is -2.27. The number of nitrogens with one attached hydrogen (secondary N) is 1. The third-order valence-corrected chi connectivity index (χ3v) is 4.75. The fourth-order valence-corrected chi connectivity index (χ4v) is 3.03. The first kappa shape index (κ1) is 20.0. The van der Waals surface area contributed by atoms with Crippen LogP contribution in [0.2, 0.25) is 0 Å². The quantitative estimate of drug-likeness (QED) is 0.524. The van der Waals surface area contributed by atoms with E-state index in [9.17, 15) is 19.3 Å². The lowest BCUT2D eigenvalue weighted by Crippen LogP contribution is -2.35. The van der Waals surface area contributed by atoms with Crippen molar-refractivity contribution in [3.05, 3.63) is 68.4 Å². The maximum Gasteiger partial charge on any atom is 0.270 e. The van der Waals surface area contributed by atoms with Crippen LogP contribution in [0.15, 0.2) is 46.9 Å². The number of hydrogen-bond donors (Lipinski definition) is 1. The van der Waals surface area contributed by atoms with Gasteiger partial charge in [-0.05, 0) is 53.2 Å². The molecule has 0 aromatic heterocycles. The number of anilines is 1. The molecule has 0 aliphatic carbocycles. The fourth-order valence-electron chi connectivity index (χ4n) is 2.57. The van der Waals surface area contributed by atoms with E-state index < -0.39 is 4.92 Å². The van der Waals surface area contributed by atoms with Crippen LogP contribution in [0.25, 0.3) is 0 Å². The molecule has 0 aliphatic rings. The second-order valence-electron chi connectivity index (χ2n) is 5.76. The van der Waals surface area contributed by atoms with Gasteiger partial charge in [0.05, 0.1) is 17.2 Å². The molecule has 1 N–H and O–H groups in total. The molecule has 2 aromatic carbocycles. The maximum absolute atomic E-state index is 13.1. The Bertz CT molecular complexity index is 799. The summed E-state index contributed by atoms with van der Waals surface area (Å²) in [6.45, 7) is 4.66. The van der Waals surface area contributed by atoms with Gasteiger partial charge < -0.3 is 5.32 Å². The van der Waals surface area contributed by atoms with Crippen molar-refractivity contribution in [3.63, 3.8) is 0 Å². The Morgan fingerprint density at radius 2 is 1.96 bits per heavy atom. The number of benzene rings is 2. The molecular weight excluding hydrogens is 405 g/mol. The second kappa shape index (κ2) is 8.86. The third kappa shape index (κ3) is 5.09. The molecule has 2 aromatic rings. The Balaban J connectivity index is 2.05. The number of non-ortho nitro benzene ring substituents is 1. The van der Waals surface area contributed by atoms with Gasteiger partial charge in [0.2, 0.25) is 5.91 Å². The van der Waals surface area contributed by atoms with Crippen molar-refractivity contribution in [2.75, 3.05) is 18.4 Å². The SMILES string of the molecule is CCN(CC(=O)Nc1ccc([N+](=O)[O-])cc1Br)C(C)c1ccc(F)cc1. The molecule has 6 nitrogen and oxygen atoms in total. The number of carbonyl (C=O) groups is 1. The van der Waals surface area contributed by atoms with E-state index in [1.807, 2.05) is 18.7 Å². The van der Waals surface area contributed by atoms with Gasteiger partial charge in [-0.25, -0.2) is 4.39 Å². The highest BCUT2D eigenvalue weighted by Gasteiger charge is 2.18. The number of amides is 1. The van der Waals surface area contributed by atoms with Crippen molar-refractivity contribution in [1.29, 1.82) is 0 Å². The Morgan fingerprint density at radius 1 is 1.31 bits per heavy atom. The van der Waals surface area contributed by atoms with E-state index >= 15 is 0 Å². The Hall–Kier alpha value is -2.32. The average Bonchev–Trinajstić information content (AvgIpc) is 2.61. The summed E-state index contributed by atoms with van der Waals surface area (Å²) in [5, 5.41) is 13.5. The number of nitrogens with zero attached hydrogens (tertiary/aromatic N) is 2. The van der Waals surface area contributed by atoms with Gasteiger partial charge in [0.15, 0.2) is 0 Å². The minimum absolute atomic E-state index is 0.0602. The molecule has 0 bridgehead atoms. The number of carbonyl (C=O) groups excluding carboxylic acids is 1. The molecule has 0 fully saturated rings. The molecule has 1 unspecified atom stereocenters. The molecule has 1 amide bonds. The highest BCUT2D eigenvalue weighted by molar-refractivity contribution is 9.10. The van der Waals surface area contributed by atoms with Crippen molar-refractivity contribution in [2.45, 2.75) is 19.9 Å². The summed E-state index contributed by atoms with van der Waals surface area (Å²) >= 11 is 3.23. The standard InChI is InChI=1S/C18H19BrFN3O3/c1-3-22(12(2)13-4-6-14(20)7-5-13)11-18(24)21-17-9-8-15(23(25)26)10-16(17)19/h4-10,12H,3,11H2,1-2H3,(H,21,24). The summed E-state index contributed by atoms with van der Waals surface area (Å²) in [4.78, 5) is 24.6. The Morgan fingerprint density at radius 3 is 2.50 bits per heavy atom. The predicted octanol–water partition coefficient (Wildman–Crippen LogP) is 4.52. The average molecular weight is 424 g/mol. The number of hydrogen-bond acceptors (Lipinski definition) is 4. The van der Waals surface area contributed by atoms with Crippen LogP contribution in [0.1, 0.15) is 25.5 Å². The number of nitro groups is 1. The maximum atomic E-state index is 13.1. The van der Waals surface area contributed by atoms with Crippen molar-refractivity contribution in [1.82, 2.24) is 4.90 Å². The highest BCUT2D eigenvalue weighted by atomic mass is 79.9. The molecule has 2 rings (SSSR count). The molecule has 8 heteroatoms. The van der Waals surface area contributed by atoms with Gasteiger partial charge in [-0.3, -0.25) is 19.8 Å². The first-order valence-corrected chi connectivity index (χ1v) is 8.84. The van der Waals surface area contributed by atoms with Crippen LogP contribution < -0.4 is 5.32 Å². The van der Waals surface area contributed by atoms with Gasteiger partial charge >= 0.3 is 0 Å². The lowest BCUT2D eigenvalue weighted by atomic mass is 10.1. The van der Waals surface area contributed by atoms with Gasteiger partial charge in [-0.2, -0.15) is 0 Å². The van der Waals surface area contributed by atoms with Crippen LogP contribution in [0.3, 0.4) is 0 Å². The van der Waals surface area contributed by atoms with Crippen LogP contribution in [0.4, 0.5) is 15.8 Å². The van der Waals surface area contributed by atoms with Gasteiger partial charge in [0.1, 0.15) is 5.82 Å². The predicted molar refractivity (Wildman–Crippen MR) is 101 cm³/mol. The largest absolute Gasteiger partial charge is 0.324 e. The molecule has 26 heavy (non-hydrogen) atoms. The molecule has 0 aliphatic heterocycles. The summed E-state index contributed by atoms with van der Waals surface area (Å²) in [5.41, 5.74) is 1.32. The van der Waals surface area contributed by atoms with E-state index in [1.54, 1.807) is 12.1 Å². The normalized spacial score (nSPS) is 12.0. The van der Waals surface area contributed by atoms with Gasteiger partial charge in [0, 0.05) is 22.6 Å². The van der Waals surface area contributed by atoms with E-state index in [-0.39, 0.29) is 30.0 Å². The van der Waals surface area contributed by atoms with E-state index in [1.165, 1.54) is 30.3 Å². The molecule has 0 saturated carbocycles. The molecular formula is C18H19BrFN3O3. The van der Waals surface area contributed by atoms with E-state index in [0.717, 1.165) is 5.56 Å². The fraction of sp³-hybridized carbons (Fsp3) is 0.278. The Labute approximate surface area is 159 Å². The minimum atomic E-state index is -0.500. The first-order chi connectivity index (χ1) is 12.3. The summed E-state index contributed by atoms with van der Waals surface area (Å²) in [5.74, 6) is -0.542. The van der Waals surface area contributed by atoms with Crippen molar-refractivity contribution < 1.29 is 14.1 Å². The van der Waals surface area contributed by atoms with Crippen LogP contribution in [-0.4, -0.2) is 28.8 Å². The van der Waals surface area contributed by atoms with Crippen LogP contribution in [0.5, 0.6) is 0 Å². The smallest absolute Gasteiger partial charge is 0.270 e. The minimum Gasteiger partial charge on any atom is -0.324 e. The molecule has 0 heterocycles. The third-order valence-electron chi connectivity index (χ3n) is 4.09. The van der Waals surface area contributed by atoms with Crippen molar-refractivity contribution in [3.8, 4) is 0 Å². The zero-order chi connectivity index (χ0) is 19.3. The summed E-state index contributed by atoms with van der Waals surface area (Å²) < 4.78 is 13.5. The second-order valence-corrected chi connectivity index (χ2v) is 6.61. The molecule has 1 atom stereocenters. The lowest BCUT2D eigenvalue weighted by molar-refractivity contribution is -0.384. The zero-order valence-electron chi connectivity index (χ0n) is 14.4. The molecule has 138 valence electrons. The zero-order valence-corrected chi connectivity index (χ0v) is 16.0. The number of likely N-dealkylation sites (N-methyl/N-ethyl adjacent to an activating group) is 1. The van der Waals surface area contributed by atoms with E-state index in [4.69, 9.17) is 0 Å². The van der Waals surface area contributed by atoms with Crippen molar-refractivity contribution in [2.24, 2.45) is 0 Å². The topological polar surface area (TPSA) is 75.5 Å². The highest BCUT2D eigenvalue weighted by Crippen LogP contribution is 2.27.